The molecule has 1 amide bonds. The average molecular weight is 576 g/mol. The van der Waals surface area contributed by atoms with Gasteiger partial charge in [0.05, 0.1) is 29.0 Å². The van der Waals surface area contributed by atoms with Gasteiger partial charge in [-0.05, 0) is 59.2 Å². The topological polar surface area (TPSA) is 45.7 Å². The standard InChI is InChI=1S/C21H22IN3O2S2.ClH/c1-28-15-6-7-18-19(14-15)29-21(23-18)25(9-8-24-10-12-27-13-11-24)20(26)16-4-2-3-5-17(16)22;/h2-7,14H,8-13H2,1H3;1H. The summed E-state index contributed by atoms with van der Waals surface area (Å²) in [7, 11) is 0. The second-order valence-electron chi connectivity index (χ2n) is 6.72. The van der Waals surface area contributed by atoms with Crippen LogP contribution < -0.4 is 4.90 Å². The molecule has 0 saturated carbocycles. The van der Waals surface area contributed by atoms with Crippen LogP contribution in [0.4, 0.5) is 5.13 Å². The number of halogens is 2. The van der Waals surface area contributed by atoms with E-state index in [1.54, 1.807) is 23.1 Å². The van der Waals surface area contributed by atoms with Crippen molar-refractivity contribution >= 4 is 79.4 Å². The largest absolute Gasteiger partial charge is 0.379 e. The molecule has 0 atom stereocenters. The lowest BCUT2D eigenvalue weighted by molar-refractivity contribution is 0.0391. The Balaban J connectivity index is 0.00000256. The number of hydrogen-bond donors (Lipinski definition) is 0. The molecule has 2 aromatic carbocycles. The fourth-order valence-electron chi connectivity index (χ4n) is 3.27. The van der Waals surface area contributed by atoms with Crippen molar-refractivity contribution in [3.8, 4) is 0 Å². The van der Waals surface area contributed by atoms with E-state index in [0.717, 1.165) is 57.3 Å². The van der Waals surface area contributed by atoms with Crippen LogP contribution in [-0.2, 0) is 4.74 Å². The molecule has 0 bridgehead atoms. The van der Waals surface area contributed by atoms with Gasteiger partial charge in [-0.25, -0.2) is 4.98 Å². The van der Waals surface area contributed by atoms with Crippen LogP contribution in [0.15, 0.2) is 47.4 Å². The van der Waals surface area contributed by atoms with Crippen molar-refractivity contribution in [2.24, 2.45) is 0 Å². The zero-order chi connectivity index (χ0) is 20.2. The van der Waals surface area contributed by atoms with Gasteiger partial charge in [0.15, 0.2) is 5.13 Å². The molecule has 1 saturated heterocycles. The third-order valence-electron chi connectivity index (χ3n) is 4.91. The molecule has 4 rings (SSSR count). The number of carbonyl (C=O) groups is 1. The van der Waals surface area contributed by atoms with Gasteiger partial charge < -0.3 is 4.74 Å². The van der Waals surface area contributed by atoms with Gasteiger partial charge in [0.25, 0.3) is 5.91 Å². The molecular weight excluding hydrogens is 553 g/mol. The third kappa shape index (κ3) is 5.46. The van der Waals surface area contributed by atoms with E-state index in [9.17, 15) is 4.79 Å². The van der Waals surface area contributed by atoms with E-state index in [1.165, 1.54) is 4.90 Å². The first-order valence-corrected chi connectivity index (χ1v) is 12.6. The Hall–Kier alpha value is -0.910. The molecule has 30 heavy (non-hydrogen) atoms. The number of anilines is 1. The number of aromatic nitrogens is 1. The highest BCUT2D eigenvalue weighted by molar-refractivity contribution is 14.1. The minimum absolute atomic E-state index is 0. The summed E-state index contributed by atoms with van der Waals surface area (Å²) in [5.41, 5.74) is 1.66. The summed E-state index contributed by atoms with van der Waals surface area (Å²) in [5, 5.41) is 0.760. The van der Waals surface area contributed by atoms with Gasteiger partial charge in [0, 0.05) is 34.6 Å². The third-order valence-corrected chi connectivity index (χ3v) is 7.62. The predicted molar refractivity (Wildman–Crippen MR) is 137 cm³/mol. The number of amides is 1. The van der Waals surface area contributed by atoms with Crippen LogP contribution in [0.1, 0.15) is 10.4 Å². The van der Waals surface area contributed by atoms with Crippen molar-refractivity contribution in [3.05, 3.63) is 51.6 Å². The van der Waals surface area contributed by atoms with Crippen LogP contribution in [0.3, 0.4) is 0 Å². The monoisotopic (exact) mass is 575 g/mol. The van der Waals surface area contributed by atoms with Crippen molar-refractivity contribution in [1.82, 2.24) is 9.88 Å². The number of morpholine rings is 1. The Morgan fingerprint density at radius 1 is 1.27 bits per heavy atom. The lowest BCUT2D eigenvalue weighted by atomic mass is 10.2. The molecule has 0 unspecified atom stereocenters. The van der Waals surface area contributed by atoms with Crippen LogP contribution in [0.2, 0.25) is 0 Å². The molecule has 1 aliphatic rings. The summed E-state index contributed by atoms with van der Waals surface area (Å²) in [6.07, 6.45) is 2.07. The predicted octanol–water partition coefficient (Wildman–Crippen LogP) is 5.02. The maximum absolute atomic E-state index is 13.5. The van der Waals surface area contributed by atoms with Crippen LogP contribution >= 0.6 is 58.1 Å². The lowest BCUT2D eigenvalue weighted by Crippen LogP contribution is -2.43. The molecular formula is C21H23ClIN3O2S2. The summed E-state index contributed by atoms with van der Waals surface area (Å²) in [5.74, 6) is 0.00686. The summed E-state index contributed by atoms with van der Waals surface area (Å²) in [6, 6.07) is 14.0. The summed E-state index contributed by atoms with van der Waals surface area (Å²) < 4.78 is 7.52. The molecule has 1 aliphatic heterocycles. The number of hydrogen-bond acceptors (Lipinski definition) is 6. The van der Waals surface area contributed by atoms with Gasteiger partial charge >= 0.3 is 0 Å². The zero-order valence-corrected chi connectivity index (χ0v) is 21.2. The molecule has 160 valence electrons. The molecule has 9 heteroatoms. The highest BCUT2D eigenvalue weighted by atomic mass is 127. The van der Waals surface area contributed by atoms with Crippen molar-refractivity contribution in [1.29, 1.82) is 0 Å². The van der Waals surface area contributed by atoms with Crippen molar-refractivity contribution in [2.75, 3.05) is 50.5 Å². The molecule has 5 nitrogen and oxygen atoms in total. The van der Waals surface area contributed by atoms with Gasteiger partial charge in [-0.1, -0.05) is 23.5 Å². The van der Waals surface area contributed by atoms with Crippen molar-refractivity contribution in [2.45, 2.75) is 4.90 Å². The van der Waals surface area contributed by atoms with Crippen molar-refractivity contribution < 1.29 is 9.53 Å². The van der Waals surface area contributed by atoms with Crippen molar-refractivity contribution in [3.63, 3.8) is 0 Å². The minimum Gasteiger partial charge on any atom is -0.379 e. The van der Waals surface area contributed by atoms with Crippen LogP contribution in [0.25, 0.3) is 10.2 Å². The molecule has 0 spiro atoms. The van der Waals surface area contributed by atoms with E-state index < -0.39 is 0 Å². The first kappa shape index (κ1) is 23.7. The first-order valence-electron chi connectivity index (χ1n) is 9.47. The molecule has 0 N–H and O–H groups in total. The van der Waals surface area contributed by atoms with E-state index in [2.05, 4.69) is 45.9 Å². The number of ether oxygens (including phenoxy) is 1. The number of fused-ring (bicyclic) bond motifs is 1. The second-order valence-corrected chi connectivity index (χ2v) is 9.77. The summed E-state index contributed by atoms with van der Waals surface area (Å²) >= 11 is 5.53. The number of nitrogens with zero attached hydrogens (tertiary/aromatic N) is 3. The average Bonchev–Trinajstić information content (AvgIpc) is 3.17. The molecule has 3 aromatic rings. The van der Waals surface area contributed by atoms with E-state index in [4.69, 9.17) is 9.72 Å². The Bertz CT molecular complexity index is 1010. The smallest absolute Gasteiger partial charge is 0.261 e. The molecule has 0 radical (unpaired) electrons. The number of thiazole rings is 1. The fraction of sp³-hybridized carbons (Fsp3) is 0.333. The van der Waals surface area contributed by atoms with Gasteiger partial charge in [0.2, 0.25) is 0 Å². The molecule has 1 fully saturated rings. The quantitative estimate of drug-likeness (QED) is 0.305. The zero-order valence-electron chi connectivity index (χ0n) is 16.5. The second kappa shape index (κ2) is 11.1. The Morgan fingerprint density at radius 2 is 2.03 bits per heavy atom. The van der Waals surface area contributed by atoms with Crippen LogP contribution in [-0.4, -0.2) is 61.4 Å². The highest BCUT2D eigenvalue weighted by Crippen LogP contribution is 2.32. The highest BCUT2D eigenvalue weighted by Gasteiger charge is 2.24. The van der Waals surface area contributed by atoms with Gasteiger partial charge in [-0.3, -0.25) is 14.6 Å². The SMILES string of the molecule is CSc1ccc2nc(N(CCN3CCOCC3)C(=O)c3ccccc3I)sc2c1.Cl. The minimum atomic E-state index is 0. The van der Waals surface area contributed by atoms with Crippen LogP contribution in [0.5, 0.6) is 0 Å². The summed E-state index contributed by atoms with van der Waals surface area (Å²) in [6.45, 7) is 4.74. The maximum atomic E-state index is 13.5. The van der Waals surface area contributed by atoms with E-state index in [-0.39, 0.29) is 18.3 Å². The Morgan fingerprint density at radius 3 is 2.77 bits per heavy atom. The van der Waals surface area contributed by atoms with E-state index in [1.807, 2.05) is 35.2 Å². The number of rotatable bonds is 6. The first-order chi connectivity index (χ1) is 14.2. The number of benzene rings is 2. The van der Waals surface area contributed by atoms with Gasteiger partial charge in [-0.15, -0.1) is 24.2 Å². The molecule has 2 heterocycles. The Labute approximate surface area is 204 Å². The van der Waals surface area contributed by atoms with E-state index >= 15 is 0 Å². The number of thioether (sulfide) groups is 1. The summed E-state index contributed by atoms with van der Waals surface area (Å²) in [4.78, 5) is 23.7. The fourth-order valence-corrected chi connectivity index (χ4v) is 5.43. The van der Waals surface area contributed by atoms with Gasteiger partial charge in [0.1, 0.15) is 0 Å². The number of carbonyl (C=O) groups excluding carboxylic acids is 1. The maximum Gasteiger partial charge on any atom is 0.261 e. The Kier molecular flexibility index (Phi) is 8.79. The lowest BCUT2D eigenvalue weighted by Gasteiger charge is -2.29. The normalized spacial score (nSPS) is 14.5. The molecule has 0 aliphatic carbocycles. The van der Waals surface area contributed by atoms with Crippen LogP contribution in [0, 0.1) is 3.57 Å². The molecule has 1 aromatic heterocycles. The van der Waals surface area contributed by atoms with Gasteiger partial charge in [-0.2, -0.15) is 0 Å². The van der Waals surface area contributed by atoms with E-state index in [0.29, 0.717) is 6.54 Å².